The molecule has 1 N–H and O–H groups in total. The van der Waals surface area contributed by atoms with E-state index in [1.165, 1.54) is 9.80 Å². The van der Waals surface area contributed by atoms with Gasteiger partial charge in [-0.2, -0.15) is 13.2 Å². The van der Waals surface area contributed by atoms with Crippen LogP contribution in [0.4, 0.5) is 18.0 Å². The lowest BCUT2D eigenvalue weighted by Gasteiger charge is -2.37. The number of amides is 4. The van der Waals surface area contributed by atoms with Crippen molar-refractivity contribution in [3.63, 3.8) is 0 Å². The van der Waals surface area contributed by atoms with Crippen LogP contribution < -0.4 is 5.32 Å². The number of benzene rings is 2. The van der Waals surface area contributed by atoms with Gasteiger partial charge in [0.15, 0.2) is 0 Å². The van der Waals surface area contributed by atoms with E-state index in [1.807, 2.05) is 30.3 Å². The largest absolute Gasteiger partial charge is 0.416 e. The van der Waals surface area contributed by atoms with Crippen molar-refractivity contribution in [1.82, 2.24) is 15.1 Å². The highest BCUT2D eigenvalue weighted by atomic mass is 19.4. The van der Waals surface area contributed by atoms with Gasteiger partial charge in [0, 0.05) is 18.7 Å². The van der Waals surface area contributed by atoms with Crippen molar-refractivity contribution in [2.45, 2.75) is 31.1 Å². The van der Waals surface area contributed by atoms with Crippen LogP contribution in [0.15, 0.2) is 54.6 Å². The number of imide groups is 1. The van der Waals surface area contributed by atoms with Crippen molar-refractivity contribution in [3.05, 3.63) is 71.3 Å². The fourth-order valence-corrected chi connectivity index (χ4v) is 4.00. The zero-order valence-electron chi connectivity index (χ0n) is 16.5. The number of nitrogens with zero attached hydrogens (tertiary/aromatic N) is 2. The second kappa shape index (κ2) is 7.72. The van der Waals surface area contributed by atoms with Crippen LogP contribution in [0.2, 0.25) is 0 Å². The maximum absolute atomic E-state index is 13.0. The van der Waals surface area contributed by atoms with Crippen LogP contribution in [0.25, 0.3) is 0 Å². The number of hydrogen-bond donors (Lipinski definition) is 1. The molecule has 9 heteroatoms. The first-order valence-electron chi connectivity index (χ1n) is 9.84. The number of piperidine rings is 1. The summed E-state index contributed by atoms with van der Waals surface area (Å²) in [6, 6.07) is 12.8. The van der Waals surface area contributed by atoms with E-state index in [-0.39, 0.29) is 43.9 Å². The Kier molecular flexibility index (Phi) is 5.20. The minimum atomic E-state index is -4.47. The second-order valence-corrected chi connectivity index (χ2v) is 7.76. The molecule has 2 fully saturated rings. The van der Waals surface area contributed by atoms with Gasteiger partial charge in [0.2, 0.25) is 0 Å². The molecule has 0 bridgehead atoms. The summed E-state index contributed by atoms with van der Waals surface area (Å²) in [6.07, 6.45) is -3.98. The predicted molar refractivity (Wildman–Crippen MR) is 105 cm³/mol. The Hall–Kier alpha value is -3.36. The van der Waals surface area contributed by atoms with E-state index in [4.69, 9.17) is 0 Å². The Labute approximate surface area is 176 Å². The second-order valence-electron chi connectivity index (χ2n) is 7.76. The van der Waals surface area contributed by atoms with Gasteiger partial charge in [0.1, 0.15) is 5.54 Å². The normalized spacial score (nSPS) is 18.4. The monoisotopic (exact) mass is 431 g/mol. The Morgan fingerprint density at radius 1 is 0.968 bits per heavy atom. The van der Waals surface area contributed by atoms with Gasteiger partial charge in [-0.1, -0.05) is 30.3 Å². The molecule has 4 amide bonds. The van der Waals surface area contributed by atoms with E-state index < -0.39 is 29.2 Å². The van der Waals surface area contributed by atoms with Gasteiger partial charge in [-0.25, -0.2) is 4.79 Å². The van der Waals surface area contributed by atoms with Crippen LogP contribution in [0.5, 0.6) is 0 Å². The number of nitrogens with one attached hydrogen (secondary N) is 1. The van der Waals surface area contributed by atoms with E-state index >= 15 is 0 Å². The zero-order valence-corrected chi connectivity index (χ0v) is 16.5. The third-order valence-electron chi connectivity index (χ3n) is 5.79. The lowest BCUT2D eigenvalue weighted by Crippen LogP contribution is -2.55. The van der Waals surface area contributed by atoms with Gasteiger partial charge in [-0.3, -0.25) is 14.5 Å². The number of likely N-dealkylation sites (tertiary alicyclic amines) is 1. The van der Waals surface area contributed by atoms with E-state index in [0.717, 1.165) is 29.8 Å². The van der Waals surface area contributed by atoms with E-state index in [0.29, 0.717) is 0 Å². The molecule has 0 radical (unpaired) electrons. The average Bonchev–Trinajstić information content (AvgIpc) is 2.98. The van der Waals surface area contributed by atoms with Gasteiger partial charge in [0.05, 0.1) is 12.1 Å². The molecule has 6 nitrogen and oxygen atoms in total. The summed E-state index contributed by atoms with van der Waals surface area (Å²) in [6.45, 7) is 0.595. The molecule has 4 rings (SSSR count). The number of urea groups is 1. The van der Waals surface area contributed by atoms with Crippen LogP contribution in [-0.4, -0.2) is 46.3 Å². The van der Waals surface area contributed by atoms with Crippen molar-refractivity contribution in [3.8, 4) is 0 Å². The van der Waals surface area contributed by atoms with Gasteiger partial charge in [0.25, 0.3) is 11.8 Å². The first-order chi connectivity index (χ1) is 14.7. The Bertz CT molecular complexity index is 998. The van der Waals surface area contributed by atoms with Crippen LogP contribution in [0, 0.1) is 0 Å². The molecule has 0 atom stereocenters. The number of hydrogen-bond acceptors (Lipinski definition) is 3. The molecular formula is C22H20F3N3O3. The van der Waals surface area contributed by atoms with Crippen molar-refractivity contribution in [1.29, 1.82) is 0 Å². The Balaban J connectivity index is 1.41. The van der Waals surface area contributed by atoms with Gasteiger partial charge >= 0.3 is 12.2 Å². The van der Waals surface area contributed by atoms with Gasteiger partial charge < -0.3 is 10.2 Å². The summed E-state index contributed by atoms with van der Waals surface area (Å²) < 4.78 is 38.1. The molecule has 2 aliphatic rings. The minimum absolute atomic E-state index is 0.149. The SMILES string of the molecule is O=C(c1ccc(C(F)(F)F)cc1)N1CCC2(CC1)NC(=O)N(Cc1ccccc1)C2=O. The first-order valence-corrected chi connectivity index (χ1v) is 9.84. The fourth-order valence-electron chi connectivity index (χ4n) is 4.00. The number of carbonyl (C=O) groups is 3. The van der Waals surface area contributed by atoms with Crippen LogP contribution in [0.1, 0.15) is 34.3 Å². The van der Waals surface area contributed by atoms with Crippen molar-refractivity contribution >= 4 is 17.8 Å². The molecule has 2 saturated heterocycles. The van der Waals surface area contributed by atoms with Gasteiger partial charge in [-0.15, -0.1) is 0 Å². The molecule has 2 aliphatic heterocycles. The van der Waals surface area contributed by atoms with Gasteiger partial charge in [-0.05, 0) is 42.7 Å². The average molecular weight is 431 g/mol. The lowest BCUT2D eigenvalue weighted by atomic mass is 9.87. The van der Waals surface area contributed by atoms with E-state index in [2.05, 4.69) is 5.32 Å². The maximum Gasteiger partial charge on any atom is 0.416 e. The summed E-state index contributed by atoms with van der Waals surface area (Å²) >= 11 is 0. The highest BCUT2D eigenvalue weighted by Crippen LogP contribution is 2.32. The number of halogens is 3. The summed E-state index contributed by atoms with van der Waals surface area (Å²) in [5.41, 5.74) is -0.892. The summed E-state index contributed by atoms with van der Waals surface area (Å²) in [5, 5.41) is 2.79. The molecule has 0 aromatic heterocycles. The number of alkyl halides is 3. The summed E-state index contributed by atoms with van der Waals surface area (Å²) in [4.78, 5) is 40.8. The maximum atomic E-state index is 13.0. The Morgan fingerprint density at radius 2 is 1.58 bits per heavy atom. The predicted octanol–water partition coefficient (Wildman–Crippen LogP) is 3.43. The van der Waals surface area contributed by atoms with Crippen LogP contribution >= 0.6 is 0 Å². The highest BCUT2D eigenvalue weighted by Gasteiger charge is 2.52. The van der Waals surface area contributed by atoms with Crippen LogP contribution in [0.3, 0.4) is 0 Å². The molecule has 2 heterocycles. The van der Waals surface area contributed by atoms with Crippen molar-refractivity contribution in [2.24, 2.45) is 0 Å². The van der Waals surface area contributed by atoms with E-state index in [9.17, 15) is 27.6 Å². The quantitative estimate of drug-likeness (QED) is 0.757. The van der Waals surface area contributed by atoms with Crippen LogP contribution in [-0.2, 0) is 17.5 Å². The van der Waals surface area contributed by atoms with Crippen molar-refractivity contribution < 1.29 is 27.6 Å². The minimum Gasteiger partial charge on any atom is -0.338 e. The van der Waals surface area contributed by atoms with Crippen molar-refractivity contribution in [2.75, 3.05) is 13.1 Å². The molecule has 2 aromatic rings. The third kappa shape index (κ3) is 3.99. The number of rotatable bonds is 3. The smallest absolute Gasteiger partial charge is 0.338 e. The highest BCUT2D eigenvalue weighted by molar-refractivity contribution is 6.07. The number of carbonyl (C=O) groups excluding carboxylic acids is 3. The third-order valence-corrected chi connectivity index (χ3v) is 5.79. The summed E-state index contributed by atoms with van der Waals surface area (Å²) in [7, 11) is 0. The Morgan fingerprint density at radius 3 is 2.16 bits per heavy atom. The molecule has 0 unspecified atom stereocenters. The molecule has 0 aliphatic carbocycles. The summed E-state index contributed by atoms with van der Waals surface area (Å²) in [5.74, 6) is -0.718. The molecule has 31 heavy (non-hydrogen) atoms. The standard InChI is InChI=1S/C22H20F3N3O3/c23-22(24,25)17-8-6-16(7-9-17)18(29)27-12-10-21(11-13-27)19(30)28(20(31)26-21)14-15-4-2-1-3-5-15/h1-9H,10-14H2,(H,26,31). The lowest BCUT2D eigenvalue weighted by molar-refractivity contribution is -0.137. The molecule has 2 aromatic carbocycles. The topological polar surface area (TPSA) is 69.7 Å². The molecule has 162 valence electrons. The molecule has 1 spiro atoms. The molecular weight excluding hydrogens is 411 g/mol. The molecule has 0 saturated carbocycles. The fraction of sp³-hybridized carbons (Fsp3) is 0.318. The zero-order chi connectivity index (χ0) is 22.2. The first kappa shape index (κ1) is 20.9. The van der Waals surface area contributed by atoms with E-state index in [1.54, 1.807) is 0 Å².